The first-order valence-electron chi connectivity index (χ1n) is 5.61. The van der Waals surface area contributed by atoms with E-state index in [0.717, 1.165) is 16.3 Å². The van der Waals surface area contributed by atoms with Crippen molar-refractivity contribution in [1.29, 1.82) is 0 Å². The lowest BCUT2D eigenvalue weighted by atomic mass is 10.1. The highest BCUT2D eigenvalue weighted by molar-refractivity contribution is 6.35. The Kier molecular flexibility index (Phi) is 2.64. The van der Waals surface area contributed by atoms with Crippen molar-refractivity contribution in [1.82, 2.24) is 14.8 Å². The van der Waals surface area contributed by atoms with Crippen LogP contribution in [0.4, 0.5) is 0 Å². The molecule has 0 amide bonds. The molecule has 0 atom stereocenters. The molecule has 0 N–H and O–H groups in total. The van der Waals surface area contributed by atoms with Crippen molar-refractivity contribution in [3.63, 3.8) is 0 Å². The molecular weight excluding hydrogens is 266 g/mol. The molecule has 0 saturated heterocycles. The number of benzene rings is 1. The number of nitrogens with zero attached hydrogens (tertiary/aromatic N) is 3. The maximum atomic E-state index is 11.5. The number of rotatable bonds is 1. The summed E-state index contributed by atoms with van der Waals surface area (Å²) in [6.45, 7) is 0. The highest BCUT2D eigenvalue weighted by atomic mass is 35.5. The van der Waals surface area contributed by atoms with Gasteiger partial charge < -0.3 is 4.74 Å². The van der Waals surface area contributed by atoms with Crippen molar-refractivity contribution in [2.45, 2.75) is 0 Å². The van der Waals surface area contributed by atoms with E-state index in [0.29, 0.717) is 16.2 Å². The maximum Gasteiger partial charge on any atom is 0.337 e. The number of carbonyl (C=O) groups excluding carboxylic acids is 1. The van der Waals surface area contributed by atoms with Gasteiger partial charge in [0.25, 0.3) is 0 Å². The fourth-order valence-electron chi connectivity index (χ4n) is 2.14. The standard InChI is InChI=1S/C13H10ClN3O2/c1-17-11-8-4-3-7(13(18)19-2)5-10(8)16-12(14)9(11)6-15-17/h3-6H,1-2H3. The zero-order chi connectivity index (χ0) is 13.6. The first-order valence-corrected chi connectivity index (χ1v) is 5.99. The molecule has 5 nitrogen and oxygen atoms in total. The summed E-state index contributed by atoms with van der Waals surface area (Å²) in [7, 11) is 3.18. The van der Waals surface area contributed by atoms with E-state index in [1.807, 2.05) is 13.1 Å². The minimum atomic E-state index is -0.398. The summed E-state index contributed by atoms with van der Waals surface area (Å²) < 4.78 is 6.43. The first kappa shape index (κ1) is 11.9. The van der Waals surface area contributed by atoms with Gasteiger partial charge in [-0.15, -0.1) is 0 Å². The summed E-state index contributed by atoms with van der Waals surface area (Å²) in [6, 6.07) is 5.20. The number of ether oxygens (including phenoxy) is 1. The number of hydrogen-bond donors (Lipinski definition) is 0. The van der Waals surface area contributed by atoms with Gasteiger partial charge in [0.2, 0.25) is 0 Å². The van der Waals surface area contributed by atoms with E-state index >= 15 is 0 Å². The Labute approximate surface area is 113 Å². The molecule has 2 aromatic heterocycles. The first-order chi connectivity index (χ1) is 9.11. The number of aromatic nitrogens is 3. The second-order valence-electron chi connectivity index (χ2n) is 4.16. The molecular formula is C13H10ClN3O2. The normalized spacial score (nSPS) is 11.1. The minimum Gasteiger partial charge on any atom is -0.465 e. The average Bonchev–Trinajstić information content (AvgIpc) is 2.80. The van der Waals surface area contributed by atoms with Crippen LogP contribution in [0.2, 0.25) is 5.15 Å². The largest absolute Gasteiger partial charge is 0.465 e. The van der Waals surface area contributed by atoms with Crippen LogP contribution < -0.4 is 0 Å². The number of fused-ring (bicyclic) bond motifs is 3. The molecule has 0 aliphatic rings. The number of carbonyl (C=O) groups is 1. The van der Waals surface area contributed by atoms with Gasteiger partial charge in [0.15, 0.2) is 0 Å². The molecule has 0 radical (unpaired) electrons. The molecule has 0 aliphatic carbocycles. The quantitative estimate of drug-likeness (QED) is 0.506. The van der Waals surface area contributed by atoms with Crippen molar-refractivity contribution in [2.24, 2.45) is 7.05 Å². The average molecular weight is 276 g/mol. The zero-order valence-electron chi connectivity index (χ0n) is 10.3. The van der Waals surface area contributed by atoms with Gasteiger partial charge in [0.05, 0.1) is 35.3 Å². The molecule has 1 aromatic carbocycles. The van der Waals surface area contributed by atoms with Gasteiger partial charge in [0, 0.05) is 12.4 Å². The summed E-state index contributed by atoms with van der Waals surface area (Å²) in [6.07, 6.45) is 1.68. The lowest BCUT2D eigenvalue weighted by Crippen LogP contribution is -2.01. The van der Waals surface area contributed by atoms with Crippen LogP contribution in [0.3, 0.4) is 0 Å². The molecule has 19 heavy (non-hydrogen) atoms. The topological polar surface area (TPSA) is 57.0 Å². The second-order valence-corrected chi connectivity index (χ2v) is 4.51. The summed E-state index contributed by atoms with van der Waals surface area (Å²) in [5.41, 5.74) is 1.98. The van der Waals surface area contributed by atoms with E-state index in [4.69, 9.17) is 16.3 Å². The number of esters is 1. The molecule has 0 fully saturated rings. The summed E-state index contributed by atoms with van der Waals surface area (Å²) in [4.78, 5) is 15.8. The second kappa shape index (κ2) is 4.20. The Balaban J connectivity index is 2.39. The van der Waals surface area contributed by atoms with Gasteiger partial charge in [-0.05, 0) is 18.2 Å². The van der Waals surface area contributed by atoms with E-state index in [1.165, 1.54) is 7.11 Å². The molecule has 3 aromatic rings. The zero-order valence-corrected chi connectivity index (χ0v) is 11.1. The Bertz CT molecular complexity index is 810. The molecule has 0 unspecified atom stereocenters. The summed E-state index contributed by atoms with van der Waals surface area (Å²) in [5, 5.41) is 6.24. The van der Waals surface area contributed by atoms with Crippen molar-refractivity contribution < 1.29 is 9.53 Å². The summed E-state index contributed by atoms with van der Waals surface area (Å²) in [5.74, 6) is -0.398. The molecule has 0 aliphatic heterocycles. The third kappa shape index (κ3) is 1.74. The van der Waals surface area contributed by atoms with Gasteiger partial charge in [-0.25, -0.2) is 9.78 Å². The van der Waals surface area contributed by atoms with Crippen LogP contribution in [0.5, 0.6) is 0 Å². The number of hydrogen-bond acceptors (Lipinski definition) is 4. The van der Waals surface area contributed by atoms with E-state index in [1.54, 1.807) is 23.0 Å². The Morgan fingerprint density at radius 2 is 2.16 bits per heavy atom. The predicted octanol–water partition coefficient (Wildman–Crippen LogP) is 2.56. The number of pyridine rings is 1. The van der Waals surface area contributed by atoms with Crippen LogP contribution in [-0.2, 0) is 11.8 Å². The number of halogens is 1. The molecule has 2 heterocycles. The smallest absolute Gasteiger partial charge is 0.337 e. The van der Waals surface area contributed by atoms with Crippen LogP contribution in [0.25, 0.3) is 21.8 Å². The SMILES string of the molecule is COC(=O)c1ccc2c(c1)nc(Cl)c1cnn(C)c12. The predicted molar refractivity (Wildman–Crippen MR) is 72.4 cm³/mol. The summed E-state index contributed by atoms with van der Waals surface area (Å²) >= 11 is 6.13. The van der Waals surface area contributed by atoms with Crippen LogP contribution >= 0.6 is 11.6 Å². The van der Waals surface area contributed by atoms with Crippen LogP contribution in [0.15, 0.2) is 24.4 Å². The Morgan fingerprint density at radius 3 is 2.89 bits per heavy atom. The third-order valence-corrected chi connectivity index (χ3v) is 3.34. The van der Waals surface area contributed by atoms with Crippen LogP contribution in [0, 0.1) is 0 Å². The molecule has 3 rings (SSSR count). The fraction of sp³-hybridized carbons (Fsp3) is 0.154. The number of aryl methyl sites for hydroxylation is 1. The Morgan fingerprint density at radius 1 is 1.37 bits per heavy atom. The molecule has 96 valence electrons. The highest BCUT2D eigenvalue weighted by Crippen LogP contribution is 2.29. The van der Waals surface area contributed by atoms with Gasteiger partial charge in [-0.1, -0.05) is 11.6 Å². The molecule has 6 heteroatoms. The minimum absolute atomic E-state index is 0.373. The van der Waals surface area contributed by atoms with Crippen molar-refractivity contribution in [2.75, 3.05) is 7.11 Å². The molecule has 0 saturated carbocycles. The maximum absolute atomic E-state index is 11.5. The van der Waals surface area contributed by atoms with E-state index in [2.05, 4.69) is 10.1 Å². The third-order valence-electron chi connectivity index (χ3n) is 3.05. The van der Waals surface area contributed by atoms with Gasteiger partial charge in [-0.3, -0.25) is 4.68 Å². The van der Waals surface area contributed by atoms with Crippen LogP contribution in [0.1, 0.15) is 10.4 Å². The van der Waals surface area contributed by atoms with Crippen molar-refractivity contribution in [3.05, 3.63) is 35.1 Å². The van der Waals surface area contributed by atoms with E-state index < -0.39 is 5.97 Å². The van der Waals surface area contributed by atoms with Crippen LogP contribution in [-0.4, -0.2) is 27.8 Å². The van der Waals surface area contributed by atoms with Gasteiger partial charge in [-0.2, -0.15) is 5.10 Å². The molecule has 0 bridgehead atoms. The fourth-order valence-corrected chi connectivity index (χ4v) is 2.37. The van der Waals surface area contributed by atoms with Gasteiger partial charge in [0.1, 0.15) is 5.15 Å². The van der Waals surface area contributed by atoms with E-state index in [-0.39, 0.29) is 0 Å². The lowest BCUT2D eigenvalue weighted by molar-refractivity contribution is 0.0601. The Hall–Kier alpha value is -2.14. The lowest BCUT2D eigenvalue weighted by Gasteiger charge is -2.05. The highest BCUT2D eigenvalue weighted by Gasteiger charge is 2.13. The monoisotopic (exact) mass is 275 g/mol. The number of methoxy groups -OCH3 is 1. The van der Waals surface area contributed by atoms with Gasteiger partial charge >= 0.3 is 5.97 Å². The van der Waals surface area contributed by atoms with Crippen molar-refractivity contribution in [3.8, 4) is 0 Å². The van der Waals surface area contributed by atoms with E-state index in [9.17, 15) is 4.79 Å². The molecule has 0 spiro atoms. The van der Waals surface area contributed by atoms with Crippen molar-refractivity contribution >= 4 is 39.4 Å².